The lowest BCUT2D eigenvalue weighted by Crippen LogP contribution is -2.09. The second kappa shape index (κ2) is 9.76. The van der Waals surface area contributed by atoms with Crippen molar-refractivity contribution in [2.75, 3.05) is 10.8 Å². The van der Waals surface area contributed by atoms with E-state index in [1.54, 1.807) is 24.0 Å². The number of thioether (sulfide) groups is 1. The Labute approximate surface area is 180 Å². The quantitative estimate of drug-likeness (QED) is 0.363. The molecular formula is C18H18ClN5OS3. The Morgan fingerprint density at radius 2 is 2.25 bits per heavy atom. The van der Waals surface area contributed by atoms with Gasteiger partial charge in [0.25, 0.3) is 0 Å². The van der Waals surface area contributed by atoms with Crippen molar-refractivity contribution in [3.05, 3.63) is 34.7 Å². The van der Waals surface area contributed by atoms with E-state index in [0.29, 0.717) is 38.0 Å². The van der Waals surface area contributed by atoms with Gasteiger partial charge in [-0.3, -0.25) is 0 Å². The van der Waals surface area contributed by atoms with Crippen LogP contribution in [0.1, 0.15) is 25.3 Å². The molecule has 10 heteroatoms. The number of hydrogen-bond acceptors (Lipinski definition) is 7. The second-order valence-electron chi connectivity index (χ2n) is 5.92. The highest BCUT2D eigenvalue weighted by Crippen LogP contribution is 2.35. The standard InChI is InChI=1S/C18H18ClN5OS3/c1-3-4-7-28(25)11-27-16-13(9-20)12(15-10-22-18(19)24(15)2)8-14(23-16)17-21-5-6-26-17/h5-6,8,10H,3-4,7,11H2,1-2H3. The Hall–Kier alpha value is -1.57. The molecule has 1 atom stereocenters. The molecule has 0 saturated carbocycles. The highest BCUT2D eigenvalue weighted by molar-refractivity contribution is 8.12. The summed E-state index contributed by atoms with van der Waals surface area (Å²) in [6, 6.07) is 4.09. The van der Waals surface area contributed by atoms with E-state index >= 15 is 0 Å². The zero-order chi connectivity index (χ0) is 20.1. The molecule has 0 bridgehead atoms. The smallest absolute Gasteiger partial charge is 0.202 e. The third kappa shape index (κ3) is 4.70. The first-order valence-electron chi connectivity index (χ1n) is 8.55. The SMILES string of the molecule is CCCC[S+]([O-])CSc1nc(-c2nccs2)cc(-c2cnc(Cl)n2C)c1C#N. The van der Waals surface area contributed by atoms with E-state index in [0.717, 1.165) is 23.5 Å². The molecule has 0 fully saturated rings. The van der Waals surface area contributed by atoms with Crippen molar-refractivity contribution in [3.8, 4) is 28.0 Å². The van der Waals surface area contributed by atoms with Gasteiger partial charge in [-0.15, -0.1) is 11.3 Å². The highest BCUT2D eigenvalue weighted by Gasteiger charge is 2.21. The number of thiazole rings is 1. The number of rotatable bonds is 8. The van der Waals surface area contributed by atoms with Crippen molar-refractivity contribution in [2.45, 2.75) is 24.8 Å². The molecule has 28 heavy (non-hydrogen) atoms. The van der Waals surface area contributed by atoms with Gasteiger partial charge in [-0.25, -0.2) is 15.0 Å². The Kier molecular flexibility index (Phi) is 7.37. The van der Waals surface area contributed by atoms with Crippen molar-refractivity contribution < 1.29 is 4.55 Å². The molecule has 0 aromatic carbocycles. The molecular weight excluding hydrogens is 434 g/mol. The lowest BCUT2D eigenvalue weighted by Gasteiger charge is -2.13. The summed E-state index contributed by atoms with van der Waals surface area (Å²) in [5.74, 6) is 0.655. The number of imidazole rings is 1. The first-order chi connectivity index (χ1) is 13.5. The summed E-state index contributed by atoms with van der Waals surface area (Å²) in [4.78, 5) is 13.1. The van der Waals surface area contributed by atoms with E-state index < -0.39 is 11.2 Å². The third-order valence-corrected chi connectivity index (χ3v) is 7.99. The van der Waals surface area contributed by atoms with Gasteiger partial charge in [-0.2, -0.15) is 5.26 Å². The van der Waals surface area contributed by atoms with Crippen LogP contribution in [0.25, 0.3) is 22.0 Å². The number of unbranched alkanes of at least 4 members (excludes halogenated alkanes) is 1. The van der Waals surface area contributed by atoms with Crippen molar-refractivity contribution in [2.24, 2.45) is 7.05 Å². The van der Waals surface area contributed by atoms with Crippen LogP contribution in [0.5, 0.6) is 0 Å². The first kappa shape index (κ1) is 21.1. The largest absolute Gasteiger partial charge is 0.616 e. The third-order valence-electron chi connectivity index (χ3n) is 4.01. The zero-order valence-electron chi connectivity index (χ0n) is 15.4. The maximum Gasteiger partial charge on any atom is 0.202 e. The molecule has 0 N–H and O–H groups in total. The fourth-order valence-electron chi connectivity index (χ4n) is 2.52. The average Bonchev–Trinajstić information content (AvgIpc) is 3.35. The van der Waals surface area contributed by atoms with Crippen molar-refractivity contribution in [3.63, 3.8) is 0 Å². The van der Waals surface area contributed by atoms with E-state index in [-0.39, 0.29) is 0 Å². The van der Waals surface area contributed by atoms with Crippen LogP contribution < -0.4 is 0 Å². The van der Waals surface area contributed by atoms with Crippen LogP contribution in [0.4, 0.5) is 0 Å². The van der Waals surface area contributed by atoms with Gasteiger partial charge in [-0.05, 0) is 35.3 Å². The van der Waals surface area contributed by atoms with Gasteiger partial charge in [-0.1, -0.05) is 25.1 Å². The predicted octanol–water partition coefficient (Wildman–Crippen LogP) is 4.73. The maximum atomic E-state index is 12.2. The van der Waals surface area contributed by atoms with Gasteiger partial charge < -0.3 is 9.12 Å². The van der Waals surface area contributed by atoms with E-state index in [2.05, 4.69) is 27.9 Å². The molecule has 0 spiro atoms. The summed E-state index contributed by atoms with van der Waals surface area (Å²) in [7, 11) is 1.79. The molecule has 0 aliphatic heterocycles. The van der Waals surface area contributed by atoms with Crippen LogP contribution >= 0.6 is 34.7 Å². The summed E-state index contributed by atoms with van der Waals surface area (Å²) in [6.07, 6.45) is 5.28. The van der Waals surface area contributed by atoms with Crippen molar-refractivity contribution in [1.29, 1.82) is 5.26 Å². The molecule has 3 rings (SSSR count). The first-order valence-corrected chi connectivity index (χ1v) is 12.3. The van der Waals surface area contributed by atoms with E-state index in [4.69, 9.17) is 11.6 Å². The van der Waals surface area contributed by atoms with Crippen LogP contribution in [0.15, 0.2) is 28.9 Å². The Morgan fingerprint density at radius 3 is 2.86 bits per heavy atom. The minimum atomic E-state index is -0.963. The molecule has 3 heterocycles. The molecule has 0 aliphatic carbocycles. The van der Waals surface area contributed by atoms with Gasteiger partial charge in [0.05, 0.1) is 17.5 Å². The van der Waals surface area contributed by atoms with Crippen LogP contribution in [0.2, 0.25) is 5.28 Å². The van der Waals surface area contributed by atoms with Gasteiger partial charge in [0, 0.05) is 24.2 Å². The summed E-state index contributed by atoms with van der Waals surface area (Å²) < 4.78 is 14.0. The number of aromatic nitrogens is 4. The van der Waals surface area contributed by atoms with Gasteiger partial charge in [0.1, 0.15) is 27.5 Å². The molecule has 3 aromatic heterocycles. The van der Waals surface area contributed by atoms with Crippen LogP contribution in [0.3, 0.4) is 0 Å². The monoisotopic (exact) mass is 451 g/mol. The minimum Gasteiger partial charge on any atom is -0.616 e. The Bertz CT molecular complexity index is 984. The molecule has 146 valence electrons. The lowest BCUT2D eigenvalue weighted by atomic mass is 10.1. The molecule has 3 aromatic rings. The molecule has 0 aliphatic rings. The topological polar surface area (TPSA) is 90.4 Å². The van der Waals surface area contributed by atoms with Gasteiger partial charge >= 0.3 is 0 Å². The zero-order valence-corrected chi connectivity index (χ0v) is 18.6. The lowest BCUT2D eigenvalue weighted by molar-refractivity contribution is 0.596. The fourth-order valence-corrected chi connectivity index (χ4v) is 5.77. The number of halogens is 1. The second-order valence-corrected chi connectivity index (χ2v) is 10.1. The number of hydrogen-bond donors (Lipinski definition) is 0. The average molecular weight is 452 g/mol. The minimum absolute atomic E-state index is 0.335. The summed E-state index contributed by atoms with van der Waals surface area (Å²) in [6.45, 7) is 2.07. The predicted molar refractivity (Wildman–Crippen MR) is 116 cm³/mol. The highest BCUT2D eigenvalue weighted by atomic mass is 35.5. The fraction of sp³-hybridized carbons (Fsp3) is 0.333. The summed E-state index contributed by atoms with van der Waals surface area (Å²) in [5.41, 5.74) is 2.50. The summed E-state index contributed by atoms with van der Waals surface area (Å²) in [5, 5.41) is 13.7. The van der Waals surface area contributed by atoms with Crippen molar-refractivity contribution in [1.82, 2.24) is 19.5 Å². The van der Waals surface area contributed by atoms with E-state index in [1.807, 2.05) is 11.4 Å². The Balaban J connectivity index is 2.05. The number of nitriles is 1. The van der Waals surface area contributed by atoms with E-state index in [1.165, 1.54) is 23.1 Å². The van der Waals surface area contributed by atoms with E-state index in [9.17, 15) is 9.81 Å². The normalized spacial score (nSPS) is 12.1. The number of nitrogens with zero attached hydrogens (tertiary/aromatic N) is 5. The van der Waals surface area contributed by atoms with Crippen LogP contribution in [-0.2, 0) is 18.2 Å². The van der Waals surface area contributed by atoms with Gasteiger partial charge in [0.2, 0.25) is 5.28 Å². The molecule has 6 nitrogen and oxygen atoms in total. The molecule has 1 unspecified atom stereocenters. The molecule has 0 radical (unpaired) electrons. The molecule has 0 amide bonds. The summed E-state index contributed by atoms with van der Waals surface area (Å²) >= 11 is 7.96. The molecule has 0 saturated heterocycles. The van der Waals surface area contributed by atoms with Crippen LogP contribution in [-0.4, -0.2) is 34.9 Å². The van der Waals surface area contributed by atoms with Crippen molar-refractivity contribution >= 4 is 45.9 Å². The maximum absolute atomic E-state index is 12.2. The van der Waals surface area contributed by atoms with Crippen LogP contribution in [0, 0.1) is 11.3 Å². The van der Waals surface area contributed by atoms with Gasteiger partial charge in [0.15, 0.2) is 5.08 Å². The number of pyridine rings is 1. The Morgan fingerprint density at radius 1 is 1.43 bits per heavy atom.